The molecule has 0 spiro atoms. The Hall–Kier alpha value is -2.67. The number of thioether (sulfide) groups is 1. The molecule has 37 heavy (non-hydrogen) atoms. The van der Waals surface area contributed by atoms with Gasteiger partial charge >= 0.3 is 0 Å². The average Bonchev–Trinajstić information content (AvgIpc) is 3.41. The van der Waals surface area contributed by atoms with E-state index in [0.29, 0.717) is 21.0 Å². The van der Waals surface area contributed by atoms with Crippen molar-refractivity contribution in [3.05, 3.63) is 87.4 Å². The molecule has 2 aliphatic rings. The van der Waals surface area contributed by atoms with Crippen LogP contribution in [0.2, 0.25) is 10.0 Å². The molecule has 5 nitrogen and oxygen atoms in total. The van der Waals surface area contributed by atoms with Crippen LogP contribution in [0.5, 0.6) is 5.75 Å². The van der Waals surface area contributed by atoms with Gasteiger partial charge in [-0.3, -0.25) is 4.79 Å². The van der Waals surface area contributed by atoms with Gasteiger partial charge in [0.1, 0.15) is 17.4 Å². The third kappa shape index (κ3) is 5.20. The summed E-state index contributed by atoms with van der Waals surface area (Å²) in [5.74, 6) is 1.54. The number of fused-ring (bicyclic) bond motifs is 3. The average molecular weight is 554 g/mol. The Morgan fingerprint density at radius 2 is 1.81 bits per heavy atom. The van der Waals surface area contributed by atoms with E-state index in [9.17, 15) is 4.79 Å². The van der Waals surface area contributed by atoms with Crippen molar-refractivity contribution in [2.45, 2.75) is 61.8 Å². The van der Waals surface area contributed by atoms with Crippen molar-refractivity contribution in [3.63, 3.8) is 0 Å². The van der Waals surface area contributed by atoms with Gasteiger partial charge in [0.15, 0.2) is 5.58 Å². The number of rotatable bonds is 6. The largest absolute Gasteiger partial charge is 0.489 e. The van der Waals surface area contributed by atoms with Crippen LogP contribution < -0.4 is 4.74 Å². The van der Waals surface area contributed by atoms with E-state index in [1.165, 1.54) is 11.8 Å². The van der Waals surface area contributed by atoms with Crippen LogP contribution in [-0.4, -0.2) is 34.0 Å². The molecule has 2 fully saturated rings. The number of ether oxygens (including phenoxy) is 1. The topological polar surface area (TPSA) is 55.6 Å². The Kier molecular flexibility index (Phi) is 6.82. The van der Waals surface area contributed by atoms with E-state index < -0.39 is 0 Å². The van der Waals surface area contributed by atoms with Gasteiger partial charge in [-0.15, -0.1) is 0 Å². The number of hydrogen-bond acceptors (Lipinski definition) is 5. The zero-order valence-electron chi connectivity index (χ0n) is 20.3. The molecule has 2 aliphatic heterocycles. The number of nitrogens with zero attached hydrogens (tertiary/aromatic N) is 2. The molecule has 1 aromatic heterocycles. The molecule has 2 atom stereocenters. The molecule has 2 saturated heterocycles. The Balaban J connectivity index is 1.08. The summed E-state index contributed by atoms with van der Waals surface area (Å²) in [4.78, 5) is 20.0. The van der Waals surface area contributed by atoms with Crippen LogP contribution in [0.25, 0.3) is 11.1 Å². The van der Waals surface area contributed by atoms with Crippen LogP contribution in [0.3, 0.4) is 0 Å². The molecule has 190 valence electrons. The summed E-state index contributed by atoms with van der Waals surface area (Å²) < 4.78 is 12.1. The SMILES string of the molecule is Cc1ccc(Cl)c(OC2CC3CCC(C2)N3C(=O)c2ccc(CSc3nc4cc(Cl)ccc4o3)cc2)c1. The normalized spacial score (nSPS) is 20.9. The van der Waals surface area contributed by atoms with E-state index in [4.69, 9.17) is 32.4 Å². The molecule has 0 aliphatic carbocycles. The third-order valence-electron chi connectivity index (χ3n) is 7.20. The fourth-order valence-corrected chi connectivity index (χ4v) is 6.54. The lowest BCUT2D eigenvalue weighted by Gasteiger charge is -2.39. The van der Waals surface area contributed by atoms with E-state index >= 15 is 0 Å². The smallest absolute Gasteiger partial charge is 0.257 e. The van der Waals surface area contributed by atoms with E-state index in [2.05, 4.69) is 9.88 Å². The lowest BCUT2D eigenvalue weighted by Crippen LogP contribution is -2.49. The highest BCUT2D eigenvalue weighted by Gasteiger charge is 2.44. The summed E-state index contributed by atoms with van der Waals surface area (Å²) in [6, 6.07) is 19.5. The van der Waals surface area contributed by atoms with Crippen molar-refractivity contribution >= 4 is 52.0 Å². The molecule has 1 amide bonds. The monoisotopic (exact) mass is 552 g/mol. The van der Waals surface area contributed by atoms with Gasteiger partial charge in [0.05, 0.1) is 5.02 Å². The van der Waals surface area contributed by atoms with Crippen LogP contribution in [0, 0.1) is 6.92 Å². The van der Waals surface area contributed by atoms with Gasteiger partial charge in [-0.2, -0.15) is 0 Å². The Bertz CT molecular complexity index is 1440. The van der Waals surface area contributed by atoms with Crippen molar-refractivity contribution in [1.29, 1.82) is 0 Å². The van der Waals surface area contributed by atoms with Gasteiger partial charge in [-0.1, -0.05) is 53.2 Å². The van der Waals surface area contributed by atoms with E-state index in [1.807, 2.05) is 55.5 Å². The summed E-state index contributed by atoms with van der Waals surface area (Å²) in [6.07, 6.45) is 3.77. The van der Waals surface area contributed by atoms with E-state index in [0.717, 1.165) is 59.2 Å². The van der Waals surface area contributed by atoms with Crippen LogP contribution in [0.15, 0.2) is 70.3 Å². The molecule has 3 aromatic carbocycles. The van der Waals surface area contributed by atoms with Gasteiger partial charge in [0.25, 0.3) is 11.1 Å². The minimum atomic E-state index is 0.0723. The molecule has 0 saturated carbocycles. The maximum absolute atomic E-state index is 13.5. The van der Waals surface area contributed by atoms with E-state index in [1.54, 1.807) is 12.1 Å². The number of carbonyl (C=O) groups excluding carboxylic acids is 1. The quantitative estimate of drug-likeness (QED) is 0.227. The second-order valence-corrected chi connectivity index (χ2v) is 11.6. The van der Waals surface area contributed by atoms with Gasteiger partial charge in [-0.05, 0) is 73.4 Å². The fraction of sp³-hybridized carbons (Fsp3) is 0.310. The standard InChI is InChI=1S/C29H26Cl2N2O3S/c1-17-2-10-24(31)27(12-17)35-23-14-21-8-9-22(15-23)33(21)28(34)19-5-3-18(4-6-19)16-37-29-32-25-13-20(30)7-11-26(25)36-29/h2-7,10-13,21-23H,8-9,14-16H2,1H3. The lowest BCUT2D eigenvalue weighted by molar-refractivity contribution is 0.0359. The first-order valence-corrected chi connectivity index (χ1v) is 14.2. The third-order valence-corrected chi connectivity index (χ3v) is 8.64. The predicted molar refractivity (Wildman–Crippen MR) is 148 cm³/mol. The highest BCUT2D eigenvalue weighted by Crippen LogP contribution is 2.39. The van der Waals surface area contributed by atoms with E-state index in [-0.39, 0.29) is 24.1 Å². The van der Waals surface area contributed by atoms with Crippen molar-refractivity contribution in [2.75, 3.05) is 0 Å². The van der Waals surface area contributed by atoms with Crippen molar-refractivity contribution in [3.8, 4) is 5.75 Å². The summed E-state index contributed by atoms with van der Waals surface area (Å²) in [5, 5.41) is 1.87. The summed E-state index contributed by atoms with van der Waals surface area (Å²) >= 11 is 13.9. The highest BCUT2D eigenvalue weighted by molar-refractivity contribution is 7.98. The number of halogens is 2. The first kappa shape index (κ1) is 24.7. The number of benzene rings is 3. The zero-order chi connectivity index (χ0) is 25.5. The number of piperidine rings is 1. The summed E-state index contributed by atoms with van der Waals surface area (Å²) in [7, 11) is 0. The predicted octanol–water partition coefficient (Wildman–Crippen LogP) is 7.95. The first-order valence-electron chi connectivity index (χ1n) is 12.5. The summed E-state index contributed by atoms with van der Waals surface area (Å²) in [5.41, 5.74) is 4.42. The molecule has 3 heterocycles. The number of aryl methyl sites for hydroxylation is 1. The number of aromatic nitrogens is 1. The van der Waals surface area contributed by atoms with Gasteiger partial charge in [-0.25, -0.2) is 4.98 Å². The van der Waals surface area contributed by atoms with Crippen LogP contribution in [-0.2, 0) is 5.75 Å². The Morgan fingerprint density at radius 1 is 1.05 bits per heavy atom. The Labute approximate surface area is 230 Å². The number of hydrogen-bond donors (Lipinski definition) is 0. The van der Waals surface area contributed by atoms with Gasteiger partial charge in [0.2, 0.25) is 0 Å². The van der Waals surface area contributed by atoms with Crippen LogP contribution in [0.4, 0.5) is 0 Å². The van der Waals surface area contributed by atoms with Crippen LogP contribution in [0.1, 0.15) is 47.2 Å². The first-order chi connectivity index (χ1) is 17.9. The fourth-order valence-electron chi connectivity index (χ4n) is 5.41. The zero-order valence-corrected chi connectivity index (χ0v) is 22.7. The van der Waals surface area contributed by atoms with Crippen molar-refractivity contribution < 1.29 is 13.9 Å². The molecule has 0 radical (unpaired) electrons. The molecule has 2 unspecified atom stereocenters. The minimum absolute atomic E-state index is 0.0723. The highest BCUT2D eigenvalue weighted by atomic mass is 35.5. The second-order valence-electron chi connectivity index (χ2n) is 9.82. The molecule has 2 bridgehead atoms. The minimum Gasteiger partial charge on any atom is -0.489 e. The molecule has 0 N–H and O–H groups in total. The molecular weight excluding hydrogens is 527 g/mol. The van der Waals surface area contributed by atoms with Gasteiger partial charge in [0, 0.05) is 41.3 Å². The van der Waals surface area contributed by atoms with Crippen LogP contribution >= 0.6 is 35.0 Å². The van der Waals surface area contributed by atoms with Gasteiger partial charge < -0.3 is 14.1 Å². The molecular formula is C29H26Cl2N2O3S. The second kappa shape index (κ2) is 10.2. The summed E-state index contributed by atoms with van der Waals surface area (Å²) in [6.45, 7) is 2.03. The maximum Gasteiger partial charge on any atom is 0.257 e. The lowest BCUT2D eigenvalue weighted by atomic mass is 9.98. The molecule has 4 aromatic rings. The molecule has 6 rings (SSSR count). The van der Waals surface area contributed by atoms with Crippen molar-refractivity contribution in [1.82, 2.24) is 9.88 Å². The van der Waals surface area contributed by atoms with Crippen molar-refractivity contribution in [2.24, 2.45) is 0 Å². The number of oxazole rings is 1. The Morgan fingerprint density at radius 3 is 2.57 bits per heavy atom. The number of amides is 1. The maximum atomic E-state index is 13.5. The number of carbonyl (C=O) groups is 1. The molecule has 8 heteroatoms.